The fourth-order valence-corrected chi connectivity index (χ4v) is 13.9. The van der Waals surface area contributed by atoms with Gasteiger partial charge in [0.1, 0.15) is 24.5 Å². The number of aliphatic hydroxyl groups is 2. The maximum atomic E-state index is 13.9. The molecular weight excluding hydrogens is 939 g/mol. The highest BCUT2D eigenvalue weighted by Crippen LogP contribution is 2.53. The highest BCUT2D eigenvalue weighted by molar-refractivity contribution is 6.11. The molecule has 0 unspecified atom stereocenters. The van der Waals surface area contributed by atoms with Crippen molar-refractivity contribution in [3.8, 4) is 0 Å². The molecule has 390 valence electrons. The van der Waals surface area contributed by atoms with E-state index in [9.17, 15) is 10.2 Å². The summed E-state index contributed by atoms with van der Waals surface area (Å²) in [5.74, 6) is 0. The predicted molar refractivity (Wildman–Crippen MR) is 317 cm³/mol. The lowest BCUT2D eigenvalue weighted by Crippen LogP contribution is -2.42. The summed E-state index contributed by atoms with van der Waals surface area (Å²) in [5.41, 5.74) is 11.5. The average Bonchev–Trinajstić information content (AvgIpc) is 4.09. The van der Waals surface area contributed by atoms with Gasteiger partial charge in [-0.1, -0.05) is 247 Å². The van der Waals surface area contributed by atoms with Crippen molar-refractivity contribution < 1.29 is 10.2 Å². The zero-order chi connectivity index (χ0) is 52.1. The van der Waals surface area contributed by atoms with Crippen LogP contribution in [0.1, 0.15) is 170 Å². The largest absolute Gasteiger partial charge is 0.374 e. The average molecular weight is 1020 g/mol. The number of quaternary nitrogens is 1. The maximum absolute atomic E-state index is 13.9. The first-order valence-electron chi connectivity index (χ1n) is 29.5. The number of rotatable bonds is 8. The van der Waals surface area contributed by atoms with Crippen LogP contribution < -0.4 is 4.48 Å². The molecule has 5 heteroatoms. The third kappa shape index (κ3) is 9.74. The van der Waals surface area contributed by atoms with Gasteiger partial charge in [-0.2, -0.15) is 0 Å². The summed E-state index contributed by atoms with van der Waals surface area (Å²) >= 11 is 0. The molecular formula is C72H76N3O2+. The van der Waals surface area contributed by atoms with E-state index in [2.05, 4.69) is 158 Å². The second kappa shape index (κ2) is 22.7. The number of hydrogen-bond donors (Lipinski definition) is 2. The summed E-state index contributed by atoms with van der Waals surface area (Å²) in [7, 11) is 0. The Balaban J connectivity index is 1.19. The molecule has 0 saturated heterocycles. The molecule has 14 rings (SSSR count). The molecule has 0 spiro atoms. The van der Waals surface area contributed by atoms with Crippen molar-refractivity contribution >= 4 is 32.9 Å². The summed E-state index contributed by atoms with van der Waals surface area (Å²) in [6.07, 6.45) is 21.8. The molecule has 5 aliphatic rings. The summed E-state index contributed by atoms with van der Waals surface area (Å²) < 4.78 is 0.544. The standard InChI is InChI=1S/C72H76N3O2/c76-71(55-35-19-13-20-36-55,56-37-21-14-22-38-56)69-53-33-17-9-5-1-3-7-11-27-47-65(73-69)67(49-53)75(51-63-61-45-31-29-43-59(61)60-44-30-32-46-62(60)64(63)52-75)68-50-54-34-18-10-6-2-4-8-12-28-48-66(68)74-70(54)72(77,57-39-23-15-24-40-57)58-41-25-16-26-42-58/h13-16,19-26,29-32,35-46,49-50,76-77H,1-12,17-18,27-28,33-34,47-48,51-52H2/q+1. The van der Waals surface area contributed by atoms with Gasteiger partial charge in [0, 0.05) is 23.3 Å². The Labute approximate surface area is 457 Å². The Bertz CT molecular complexity index is 3150. The van der Waals surface area contributed by atoms with E-state index in [1.807, 2.05) is 24.3 Å². The van der Waals surface area contributed by atoms with Crippen LogP contribution >= 0.6 is 0 Å². The molecule has 77 heavy (non-hydrogen) atoms. The minimum Gasteiger partial charge on any atom is -0.374 e. The number of nitrogens with zero attached hydrogens (tertiary/aromatic N) is 3. The van der Waals surface area contributed by atoms with Crippen molar-refractivity contribution in [2.45, 2.75) is 153 Å². The monoisotopic (exact) mass is 1010 g/mol. The second-order valence-electron chi connectivity index (χ2n) is 22.8. The smallest absolute Gasteiger partial charge is 0.160 e. The molecule has 0 fully saturated rings. The maximum Gasteiger partial charge on any atom is 0.160 e. The number of fused-ring (bicyclic) bond motifs is 28. The van der Waals surface area contributed by atoms with Crippen LogP contribution in [-0.2, 0) is 50.0 Å². The van der Waals surface area contributed by atoms with Gasteiger partial charge in [-0.15, -0.1) is 0 Å². The molecule has 3 aliphatic heterocycles. The van der Waals surface area contributed by atoms with E-state index in [4.69, 9.17) is 9.97 Å². The third-order valence-electron chi connectivity index (χ3n) is 17.9. The molecule has 0 radical (unpaired) electrons. The van der Waals surface area contributed by atoms with E-state index < -0.39 is 11.2 Å². The van der Waals surface area contributed by atoms with Crippen LogP contribution in [0.2, 0.25) is 0 Å². The van der Waals surface area contributed by atoms with Crippen molar-refractivity contribution in [3.63, 3.8) is 0 Å². The van der Waals surface area contributed by atoms with Crippen molar-refractivity contribution in [3.05, 3.63) is 249 Å². The second-order valence-corrected chi connectivity index (χ2v) is 22.8. The van der Waals surface area contributed by atoms with Gasteiger partial charge in [-0.25, -0.2) is 14.5 Å². The first kappa shape index (κ1) is 51.0. The zero-order valence-electron chi connectivity index (χ0n) is 45.1. The number of hydrogen-bond acceptors (Lipinski definition) is 4. The van der Waals surface area contributed by atoms with Crippen LogP contribution in [0.3, 0.4) is 0 Å². The first-order valence-corrected chi connectivity index (χ1v) is 29.5. The minimum absolute atomic E-state index is 0.544. The molecule has 0 atom stereocenters. The molecule has 0 amide bonds. The van der Waals surface area contributed by atoms with E-state index in [-0.39, 0.29) is 0 Å². The molecule has 2 aliphatic carbocycles. The summed E-state index contributed by atoms with van der Waals surface area (Å²) in [6, 6.07) is 64.5. The topological polar surface area (TPSA) is 66.2 Å². The molecule has 5 nitrogen and oxygen atoms in total. The number of pyridine rings is 2. The number of aryl methyl sites for hydroxylation is 4. The highest BCUT2D eigenvalue weighted by Gasteiger charge is 2.49. The van der Waals surface area contributed by atoms with Gasteiger partial charge in [0.25, 0.3) is 0 Å². The van der Waals surface area contributed by atoms with Crippen LogP contribution in [0.5, 0.6) is 0 Å². The van der Waals surface area contributed by atoms with Crippen LogP contribution in [0.15, 0.2) is 182 Å². The minimum atomic E-state index is -1.49. The highest BCUT2D eigenvalue weighted by atomic mass is 16.3. The van der Waals surface area contributed by atoms with Gasteiger partial charge in [0.15, 0.2) is 22.6 Å². The van der Waals surface area contributed by atoms with Gasteiger partial charge < -0.3 is 10.2 Å². The van der Waals surface area contributed by atoms with Gasteiger partial charge >= 0.3 is 0 Å². The van der Waals surface area contributed by atoms with Crippen molar-refractivity contribution in [2.75, 3.05) is 0 Å². The van der Waals surface area contributed by atoms with E-state index in [1.165, 1.54) is 95.4 Å². The lowest BCUT2D eigenvalue weighted by Gasteiger charge is -2.39. The van der Waals surface area contributed by atoms with Gasteiger partial charge in [-0.05, 0) is 106 Å². The van der Waals surface area contributed by atoms with Crippen LogP contribution in [0.25, 0.3) is 21.5 Å². The van der Waals surface area contributed by atoms with E-state index in [0.717, 1.165) is 146 Å². The Kier molecular flexibility index (Phi) is 15.0. The Morgan fingerprint density at radius 3 is 0.909 bits per heavy atom. The summed E-state index contributed by atoms with van der Waals surface area (Å²) in [6.45, 7) is 1.48. The summed E-state index contributed by atoms with van der Waals surface area (Å²) in [4.78, 5) is 12.1. The number of benzene rings is 7. The fourth-order valence-electron chi connectivity index (χ4n) is 13.9. The quantitative estimate of drug-likeness (QED) is 0.118. The van der Waals surface area contributed by atoms with Crippen molar-refractivity contribution in [1.29, 1.82) is 0 Å². The van der Waals surface area contributed by atoms with Crippen molar-refractivity contribution in [2.24, 2.45) is 0 Å². The Hall–Kier alpha value is -6.76. The van der Waals surface area contributed by atoms with Crippen LogP contribution in [0, 0.1) is 0 Å². The van der Waals surface area contributed by atoms with E-state index in [1.54, 1.807) is 0 Å². The molecule has 4 bridgehead atoms. The zero-order valence-corrected chi connectivity index (χ0v) is 45.1. The normalized spacial score (nSPS) is 17.0. The molecule has 0 saturated carbocycles. The lowest BCUT2D eigenvalue weighted by atomic mass is 9.79. The lowest BCUT2D eigenvalue weighted by molar-refractivity contribution is 0.119. The Morgan fingerprint density at radius 2 is 0.584 bits per heavy atom. The van der Waals surface area contributed by atoms with Gasteiger partial charge in [0.2, 0.25) is 0 Å². The van der Waals surface area contributed by atoms with E-state index >= 15 is 0 Å². The fraction of sp³-hybridized carbons (Fsp3) is 0.333. The van der Waals surface area contributed by atoms with E-state index in [0.29, 0.717) is 4.48 Å². The molecule has 2 aromatic heterocycles. The SMILES string of the molecule is OC(c1ccccc1)(c1ccccc1)c1nc2c([N+]3(c4cc5c(C(O)(c6ccccc6)c6ccccc6)nc4CCCCCCCCCC5)Cc4c(c5ccccc5c5ccccc45)C3)cc1CCCCCCCCCC2. The molecule has 7 aromatic carbocycles. The Morgan fingerprint density at radius 1 is 0.312 bits per heavy atom. The molecule has 5 heterocycles. The molecule has 2 N–H and O–H groups in total. The summed E-state index contributed by atoms with van der Waals surface area (Å²) in [5, 5.41) is 33.0. The van der Waals surface area contributed by atoms with Crippen LogP contribution in [-0.4, -0.2) is 20.2 Å². The predicted octanol–water partition coefficient (Wildman–Crippen LogP) is 17.1. The van der Waals surface area contributed by atoms with Gasteiger partial charge in [0.05, 0.1) is 11.4 Å². The van der Waals surface area contributed by atoms with Crippen LogP contribution in [0.4, 0.5) is 11.4 Å². The molecule has 9 aromatic rings. The van der Waals surface area contributed by atoms with Crippen molar-refractivity contribution in [1.82, 2.24) is 14.5 Å². The number of aromatic nitrogens is 2. The van der Waals surface area contributed by atoms with Gasteiger partial charge in [-0.3, -0.25) is 0 Å². The first-order chi connectivity index (χ1) is 38.0. The third-order valence-corrected chi connectivity index (χ3v) is 17.9.